The second-order valence-corrected chi connectivity index (χ2v) is 5.33. The average Bonchev–Trinajstić information content (AvgIpc) is 3.01. The minimum absolute atomic E-state index is 0. The molecule has 23 heavy (non-hydrogen) atoms. The van der Waals surface area contributed by atoms with Crippen LogP contribution >= 0.6 is 12.4 Å². The smallest absolute Gasteiger partial charge is 0.319 e. The Kier molecular flexibility index (Phi) is 9.43. The summed E-state index contributed by atoms with van der Waals surface area (Å²) in [5, 5.41) is 9.11. The number of urea groups is 1. The van der Waals surface area contributed by atoms with Gasteiger partial charge >= 0.3 is 6.03 Å². The third kappa shape index (κ3) is 7.54. The average molecular weight is 344 g/mol. The number of hydrogen-bond acceptors (Lipinski definition) is 4. The Hall–Kier alpha value is -1.50. The summed E-state index contributed by atoms with van der Waals surface area (Å²) in [6, 6.07) is 7.68. The van der Waals surface area contributed by atoms with E-state index in [-0.39, 0.29) is 18.4 Å². The van der Waals surface area contributed by atoms with Crippen LogP contribution in [0.25, 0.3) is 0 Å². The van der Waals surface area contributed by atoms with Crippen LogP contribution in [0.3, 0.4) is 0 Å². The van der Waals surface area contributed by atoms with Crippen molar-refractivity contribution in [2.75, 3.05) is 38.7 Å². The Labute approximate surface area is 143 Å². The number of nitrogens with one attached hydrogen (secondary N) is 3. The fourth-order valence-electron chi connectivity index (χ4n) is 2.44. The van der Waals surface area contributed by atoms with Crippen molar-refractivity contribution in [1.29, 1.82) is 0 Å². The number of amides is 2. The minimum atomic E-state index is -0.188. The van der Waals surface area contributed by atoms with E-state index in [2.05, 4.69) is 16.0 Å². The SMILES string of the molecule is COCCOc1cccc(NC(=O)NCC[C@H]2CCCN2)c1.Cl. The zero-order valence-electron chi connectivity index (χ0n) is 13.5. The van der Waals surface area contributed by atoms with Crippen molar-refractivity contribution in [1.82, 2.24) is 10.6 Å². The maximum Gasteiger partial charge on any atom is 0.319 e. The molecule has 3 N–H and O–H groups in total. The van der Waals surface area contributed by atoms with Crippen LogP contribution in [-0.4, -0.2) is 45.5 Å². The fraction of sp³-hybridized carbons (Fsp3) is 0.562. The zero-order valence-corrected chi connectivity index (χ0v) is 14.3. The van der Waals surface area contributed by atoms with Crippen molar-refractivity contribution in [3.63, 3.8) is 0 Å². The van der Waals surface area contributed by atoms with Gasteiger partial charge in [-0.15, -0.1) is 12.4 Å². The highest BCUT2D eigenvalue weighted by Crippen LogP contribution is 2.17. The molecule has 1 aliphatic rings. The largest absolute Gasteiger partial charge is 0.491 e. The lowest BCUT2D eigenvalue weighted by Crippen LogP contribution is -2.33. The molecular formula is C16H26ClN3O3. The van der Waals surface area contributed by atoms with Gasteiger partial charge in [0.1, 0.15) is 12.4 Å². The van der Waals surface area contributed by atoms with E-state index in [1.807, 2.05) is 18.2 Å². The van der Waals surface area contributed by atoms with Crippen LogP contribution in [0.4, 0.5) is 10.5 Å². The van der Waals surface area contributed by atoms with Gasteiger partial charge < -0.3 is 25.4 Å². The molecule has 0 aromatic heterocycles. The van der Waals surface area contributed by atoms with Gasteiger partial charge in [0.05, 0.1) is 6.61 Å². The number of carbonyl (C=O) groups excluding carboxylic acids is 1. The highest BCUT2D eigenvalue weighted by atomic mass is 35.5. The van der Waals surface area contributed by atoms with E-state index < -0.39 is 0 Å². The molecule has 1 saturated heterocycles. The number of rotatable bonds is 8. The molecule has 0 aliphatic carbocycles. The molecular weight excluding hydrogens is 318 g/mol. The molecule has 2 rings (SSSR count). The molecule has 1 aromatic carbocycles. The fourth-order valence-corrected chi connectivity index (χ4v) is 2.44. The topological polar surface area (TPSA) is 71.6 Å². The normalized spacial score (nSPS) is 16.5. The van der Waals surface area contributed by atoms with Crippen molar-refractivity contribution in [2.45, 2.75) is 25.3 Å². The molecule has 1 aromatic rings. The number of carbonyl (C=O) groups is 1. The molecule has 0 bridgehead atoms. The van der Waals surface area contributed by atoms with E-state index >= 15 is 0 Å². The van der Waals surface area contributed by atoms with Gasteiger partial charge in [-0.25, -0.2) is 4.79 Å². The van der Waals surface area contributed by atoms with Gasteiger partial charge in [0.2, 0.25) is 0 Å². The van der Waals surface area contributed by atoms with Crippen LogP contribution < -0.4 is 20.7 Å². The first-order valence-corrected chi connectivity index (χ1v) is 7.78. The van der Waals surface area contributed by atoms with E-state index in [4.69, 9.17) is 9.47 Å². The second kappa shape index (κ2) is 11.1. The summed E-state index contributed by atoms with van der Waals surface area (Å²) in [5.41, 5.74) is 0.714. The molecule has 1 atom stereocenters. The summed E-state index contributed by atoms with van der Waals surface area (Å²) in [5.74, 6) is 0.713. The zero-order chi connectivity index (χ0) is 15.6. The minimum Gasteiger partial charge on any atom is -0.491 e. The van der Waals surface area contributed by atoms with E-state index in [0.29, 0.717) is 37.2 Å². The van der Waals surface area contributed by atoms with Crippen LogP contribution in [0.1, 0.15) is 19.3 Å². The number of hydrogen-bond donors (Lipinski definition) is 3. The van der Waals surface area contributed by atoms with Crippen LogP contribution in [0.2, 0.25) is 0 Å². The molecule has 1 fully saturated rings. The molecule has 0 radical (unpaired) electrons. The van der Waals surface area contributed by atoms with Crippen molar-refractivity contribution in [3.8, 4) is 5.75 Å². The summed E-state index contributed by atoms with van der Waals surface area (Å²) in [4.78, 5) is 11.9. The van der Waals surface area contributed by atoms with E-state index in [0.717, 1.165) is 13.0 Å². The summed E-state index contributed by atoms with van der Waals surface area (Å²) in [6.45, 7) is 2.79. The molecule has 130 valence electrons. The van der Waals surface area contributed by atoms with Crippen molar-refractivity contribution in [2.24, 2.45) is 0 Å². The van der Waals surface area contributed by atoms with Gasteiger partial charge in [0, 0.05) is 31.5 Å². The highest BCUT2D eigenvalue weighted by Gasteiger charge is 2.13. The molecule has 7 heteroatoms. The summed E-state index contributed by atoms with van der Waals surface area (Å²) in [7, 11) is 1.63. The molecule has 2 amide bonds. The number of ether oxygens (including phenoxy) is 2. The molecule has 0 saturated carbocycles. The first kappa shape index (κ1) is 19.5. The summed E-state index contributed by atoms with van der Waals surface area (Å²) < 4.78 is 10.4. The second-order valence-electron chi connectivity index (χ2n) is 5.33. The first-order chi connectivity index (χ1) is 10.8. The third-order valence-electron chi connectivity index (χ3n) is 3.59. The lowest BCUT2D eigenvalue weighted by molar-refractivity contribution is 0.146. The molecule has 1 aliphatic heterocycles. The predicted molar refractivity (Wildman–Crippen MR) is 93.7 cm³/mol. The van der Waals surface area contributed by atoms with Gasteiger partial charge in [-0.1, -0.05) is 6.07 Å². The van der Waals surface area contributed by atoms with Gasteiger partial charge in [-0.05, 0) is 37.9 Å². The van der Waals surface area contributed by atoms with E-state index in [1.54, 1.807) is 13.2 Å². The number of halogens is 1. The van der Waals surface area contributed by atoms with Crippen LogP contribution in [0.15, 0.2) is 24.3 Å². The maximum atomic E-state index is 11.9. The van der Waals surface area contributed by atoms with Crippen molar-refractivity contribution < 1.29 is 14.3 Å². The Morgan fingerprint density at radius 3 is 3.00 bits per heavy atom. The Morgan fingerprint density at radius 1 is 1.39 bits per heavy atom. The van der Waals surface area contributed by atoms with Crippen LogP contribution in [0.5, 0.6) is 5.75 Å². The highest BCUT2D eigenvalue weighted by molar-refractivity contribution is 5.89. The van der Waals surface area contributed by atoms with Crippen molar-refractivity contribution in [3.05, 3.63) is 24.3 Å². The van der Waals surface area contributed by atoms with Crippen molar-refractivity contribution >= 4 is 24.1 Å². The van der Waals surface area contributed by atoms with Crippen LogP contribution in [0, 0.1) is 0 Å². The lowest BCUT2D eigenvalue weighted by Gasteiger charge is -2.12. The van der Waals surface area contributed by atoms with Gasteiger partial charge in [-0.2, -0.15) is 0 Å². The third-order valence-corrected chi connectivity index (χ3v) is 3.59. The monoisotopic (exact) mass is 343 g/mol. The van der Waals surface area contributed by atoms with E-state index in [1.165, 1.54) is 12.8 Å². The molecule has 1 heterocycles. The maximum absolute atomic E-state index is 11.9. The van der Waals surface area contributed by atoms with Gasteiger partial charge in [0.15, 0.2) is 0 Å². The first-order valence-electron chi connectivity index (χ1n) is 7.78. The number of benzene rings is 1. The predicted octanol–water partition coefficient (Wildman–Crippen LogP) is 2.40. The number of anilines is 1. The number of methoxy groups -OCH3 is 1. The Bertz CT molecular complexity index is 468. The quantitative estimate of drug-likeness (QED) is 0.634. The molecule has 6 nitrogen and oxygen atoms in total. The van der Waals surface area contributed by atoms with Gasteiger partial charge in [-0.3, -0.25) is 0 Å². The lowest BCUT2D eigenvalue weighted by atomic mass is 10.1. The summed E-state index contributed by atoms with van der Waals surface area (Å²) in [6.07, 6.45) is 3.39. The standard InChI is InChI=1S/C16H25N3O3.ClH/c1-21-10-11-22-15-6-2-4-14(12-15)19-16(20)18-9-7-13-5-3-8-17-13;/h2,4,6,12-13,17H,3,5,7-11H2,1H3,(H2,18,19,20);1H/t13-;/m1./s1. The molecule has 0 unspecified atom stereocenters. The molecule has 0 spiro atoms. The van der Waals surface area contributed by atoms with Gasteiger partial charge in [0.25, 0.3) is 0 Å². The Balaban J connectivity index is 0.00000264. The Morgan fingerprint density at radius 2 is 2.26 bits per heavy atom. The summed E-state index contributed by atoms with van der Waals surface area (Å²) >= 11 is 0. The van der Waals surface area contributed by atoms with Crippen LogP contribution in [-0.2, 0) is 4.74 Å². The van der Waals surface area contributed by atoms with E-state index in [9.17, 15) is 4.79 Å².